The zero-order valence-electron chi connectivity index (χ0n) is 11.0. The maximum absolute atomic E-state index is 4.20. The van der Waals surface area contributed by atoms with Crippen molar-refractivity contribution >= 4 is 16.5 Å². The normalized spacial score (nSPS) is 10.8. The number of fused-ring (bicyclic) bond motifs is 1. The quantitative estimate of drug-likeness (QED) is 0.766. The van der Waals surface area contributed by atoms with Gasteiger partial charge in [0.05, 0.1) is 0 Å². The summed E-state index contributed by atoms with van der Waals surface area (Å²) in [6, 6.07) is 10.5. The van der Waals surface area contributed by atoms with Crippen LogP contribution in [0.1, 0.15) is 12.5 Å². The van der Waals surface area contributed by atoms with Crippen molar-refractivity contribution in [2.45, 2.75) is 20.0 Å². The molecule has 19 heavy (non-hydrogen) atoms. The van der Waals surface area contributed by atoms with Crippen LogP contribution >= 0.6 is 0 Å². The predicted octanol–water partition coefficient (Wildman–Crippen LogP) is 3.67. The Bertz CT molecular complexity index is 680. The van der Waals surface area contributed by atoms with Gasteiger partial charge in [-0.25, -0.2) is 0 Å². The fraction of sp³-hybridized carbons (Fsp3) is 0.188. The van der Waals surface area contributed by atoms with Crippen LogP contribution in [0.15, 0.2) is 55.1 Å². The zero-order chi connectivity index (χ0) is 13.1. The molecule has 0 bridgehead atoms. The highest BCUT2D eigenvalue weighted by Crippen LogP contribution is 2.22. The van der Waals surface area contributed by atoms with Crippen molar-refractivity contribution in [2.75, 3.05) is 5.32 Å². The molecular formula is C16H17N3. The van der Waals surface area contributed by atoms with E-state index in [-0.39, 0.29) is 0 Å². The van der Waals surface area contributed by atoms with Crippen molar-refractivity contribution in [3.8, 4) is 0 Å². The molecule has 0 aliphatic carbocycles. The Balaban J connectivity index is 1.81. The molecular weight excluding hydrogens is 234 g/mol. The average Bonchev–Trinajstić information content (AvgIpc) is 2.93. The fourth-order valence-corrected chi connectivity index (χ4v) is 2.26. The van der Waals surface area contributed by atoms with E-state index in [1.54, 1.807) is 0 Å². The first-order valence-electron chi connectivity index (χ1n) is 6.58. The first-order chi connectivity index (χ1) is 9.36. The monoisotopic (exact) mass is 251 g/mol. The molecule has 2 heterocycles. The third-order valence-corrected chi connectivity index (χ3v) is 3.34. The van der Waals surface area contributed by atoms with E-state index in [4.69, 9.17) is 0 Å². The Hall–Kier alpha value is -2.29. The number of pyridine rings is 1. The molecule has 0 atom stereocenters. The zero-order valence-corrected chi connectivity index (χ0v) is 11.0. The Morgan fingerprint density at radius 2 is 2.16 bits per heavy atom. The van der Waals surface area contributed by atoms with E-state index in [0.29, 0.717) is 0 Å². The van der Waals surface area contributed by atoms with Gasteiger partial charge >= 0.3 is 0 Å². The second-order valence-corrected chi connectivity index (χ2v) is 4.61. The summed E-state index contributed by atoms with van der Waals surface area (Å²) in [5, 5.41) is 5.87. The smallest absolute Gasteiger partial charge is 0.0438 e. The molecule has 0 aliphatic rings. The van der Waals surface area contributed by atoms with Crippen LogP contribution in [0, 0.1) is 0 Å². The summed E-state index contributed by atoms with van der Waals surface area (Å²) >= 11 is 0. The van der Waals surface area contributed by atoms with E-state index in [9.17, 15) is 0 Å². The Kier molecular flexibility index (Phi) is 3.19. The van der Waals surface area contributed by atoms with Gasteiger partial charge in [0, 0.05) is 49.0 Å². The largest absolute Gasteiger partial charge is 0.380 e. The van der Waals surface area contributed by atoms with Crippen molar-refractivity contribution in [2.24, 2.45) is 0 Å². The number of nitrogens with zero attached hydrogens (tertiary/aromatic N) is 2. The molecule has 3 heteroatoms. The van der Waals surface area contributed by atoms with Crippen LogP contribution < -0.4 is 5.32 Å². The van der Waals surface area contributed by atoms with Crippen molar-refractivity contribution in [1.82, 2.24) is 9.55 Å². The number of hydrogen-bond donors (Lipinski definition) is 1. The number of anilines is 1. The van der Waals surface area contributed by atoms with Gasteiger partial charge in [0.15, 0.2) is 0 Å². The molecule has 0 fully saturated rings. The summed E-state index contributed by atoms with van der Waals surface area (Å²) in [5.41, 5.74) is 2.43. The summed E-state index contributed by atoms with van der Waals surface area (Å²) in [6.45, 7) is 3.99. The van der Waals surface area contributed by atoms with Gasteiger partial charge in [-0.3, -0.25) is 4.98 Å². The van der Waals surface area contributed by atoms with E-state index in [1.807, 2.05) is 18.5 Å². The number of aryl methyl sites for hydroxylation is 1. The Labute approximate surface area is 112 Å². The van der Waals surface area contributed by atoms with Gasteiger partial charge in [0.1, 0.15) is 0 Å². The van der Waals surface area contributed by atoms with Crippen molar-refractivity contribution < 1.29 is 0 Å². The minimum Gasteiger partial charge on any atom is -0.380 e. The lowest BCUT2D eigenvalue weighted by Crippen LogP contribution is -1.99. The second-order valence-electron chi connectivity index (χ2n) is 4.61. The van der Waals surface area contributed by atoms with Gasteiger partial charge in [0.2, 0.25) is 0 Å². The number of hydrogen-bond acceptors (Lipinski definition) is 2. The second kappa shape index (κ2) is 5.14. The predicted molar refractivity (Wildman–Crippen MR) is 79.2 cm³/mol. The lowest BCUT2D eigenvalue weighted by atomic mass is 10.1. The van der Waals surface area contributed by atoms with Crippen LogP contribution in [0.4, 0.5) is 5.69 Å². The molecule has 3 aromatic rings. The molecule has 0 spiro atoms. The Morgan fingerprint density at radius 3 is 3.00 bits per heavy atom. The van der Waals surface area contributed by atoms with Gasteiger partial charge in [0.25, 0.3) is 0 Å². The molecule has 0 amide bonds. The lowest BCUT2D eigenvalue weighted by Gasteiger charge is -2.08. The molecule has 0 unspecified atom stereocenters. The van der Waals surface area contributed by atoms with Gasteiger partial charge in [-0.1, -0.05) is 12.1 Å². The van der Waals surface area contributed by atoms with E-state index >= 15 is 0 Å². The molecule has 96 valence electrons. The number of aromatic nitrogens is 2. The third kappa shape index (κ3) is 2.45. The van der Waals surface area contributed by atoms with Gasteiger partial charge in [-0.2, -0.15) is 0 Å². The highest BCUT2D eigenvalue weighted by Gasteiger charge is 2.01. The van der Waals surface area contributed by atoms with E-state index in [0.717, 1.165) is 18.8 Å². The van der Waals surface area contributed by atoms with Gasteiger partial charge < -0.3 is 9.88 Å². The SMILES string of the molecule is CCn1ccc(CNc2cccc3ccncc23)c1. The summed E-state index contributed by atoms with van der Waals surface area (Å²) in [5.74, 6) is 0. The highest BCUT2D eigenvalue weighted by molar-refractivity contribution is 5.92. The van der Waals surface area contributed by atoms with Gasteiger partial charge in [-0.15, -0.1) is 0 Å². The van der Waals surface area contributed by atoms with Crippen LogP contribution in [0.3, 0.4) is 0 Å². The highest BCUT2D eigenvalue weighted by atomic mass is 14.9. The van der Waals surface area contributed by atoms with Crippen LogP contribution in [0.5, 0.6) is 0 Å². The summed E-state index contributed by atoms with van der Waals surface area (Å²) < 4.78 is 2.18. The fourth-order valence-electron chi connectivity index (χ4n) is 2.26. The average molecular weight is 251 g/mol. The van der Waals surface area contributed by atoms with E-state index in [1.165, 1.54) is 16.3 Å². The van der Waals surface area contributed by atoms with Crippen LogP contribution in [-0.2, 0) is 13.1 Å². The van der Waals surface area contributed by atoms with Crippen LogP contribution in [0.25, 0.3) is 10.8 Å². The standard InChI is InChI=1S/C16H17N3/c1-2-19-9-7-13(12-19)10-18-16-5-3-4-14-6-8-17-11-15(14)16/h3-9,11-12,18H,2,10H2,1H3. The number of nitrogens with one attached hydrogen (secondary N) is 1. The van der Waals surface area contributed by atoms with Crippen molar-refractivity contribution in [1.29, 1.82) is 0 Å². The van der Waals surface area contributed by atoms with E-state index < -0.39 is 0 Å². The lowest BCUT2D eigenvalue weighted by molar-refractivity contribution is 0.766. The summed E-state index contributed by atoms with van der Waals surface area (Å²) in [6.07, 6.45) is 8.03. The molecule has 0 saturated heterocycles. The maximum atomic E-state index is 4.20. The number of benzene rings is 1. The van der Waals surface area contributed by atoms with Crippen LogP contribution in [-0.4, -0.2) is 9.55 Å². The minimum atomic E-state index is 0.834. The molecule has 3 nitrogen and oxygen atoms in total. The molecule has 0 radical (unpaired) electrons. The van der Waals surface area contributed by atoms with E-state index in [2.05, 4.69) is 58.5 Å². The first-order valence-corrected chi connectivity index (χ1v) is 6.58. The third-order valence-electron chi connectivity index (χ3n) is 3.34. The summed E-state index contributed by atoms with van der Waals surface area (Å²) in [4.78, 5) is 4.20. The Morgan fingerprint density at radius 1 is 1.21 bits per heavy atom. The molecule has 1 aromatic carbocycles. The first kappa shape index (κ1) is 11.8. The molecule has 3 rings (SSSR count). The maximum Gasteiger partial charge on any atom is 0.0438 e. The van der Waals surface area contributed by atoms with Crippen molar-refractivity contribution in [3.63, 3.8) is 0 Å². The van der Waals surface area contributed by atoms with Gasteiger partial charge in [-0.05, 0) is 36.1 Å². The molecule has 0 saturated carbocycles. The minimum absolute atomic E-state index is 0.834. The number of rotatable bonds is 4. The molecule has 1 N–H and O–H groups in total. The van der Waals surface area contributed by atoms with Crippen molar-refractivity contribution in [3.05, 3.63) is 60.7 Å². The topological polar surface area (TPSA) is 29.9 Å². The molecule has 0 aliphatic heterocycles. The van der Waals surface area contributed by atoms with Crippen LogP contribution in [0.2, 0.25) is 0 Å². The molecule has 2 aromatic heterocycles. The summed E-state index contributed by atoms with van der Waals surface area (Å²) in [7, 11) is 0.